The van der Waals surface area contributed by atoms with Crippen LogP contribution in [0.1, 0.15) is 78.1 Å². The second-order valence-electron chi connectivity index (χ2n) is 5.40. The van der Waals surface area contributed by atoms with E-state index in [0.717, 1.165) is 0 Å². The van der Waals surface area contributed by atoms with Crippen LogP contribution in [0, 0.1) is 0 Å². The van der Waals surface area contributed by atoms with E-state index in [-0.39, 0.29) is 80.3 Å². The molecule has 0 N–H and O–H groups in total. The zero-order valence-electron chi connectivity index (χ0n) is 13.6. The molecule has 0 aromatic heterocycles. The van der Waals surface area contributed by atoms with Crippen molar-refractivity contribution in [3.8, 4) is 0 Å². The third-order valence-corrected chi connectivity index (χ3v) is 3.52. The van der Waals surface area contributed by atoms with Crippen LogP contribution < -0.4 is 0 Å². The van der Waals surface area contributed by atoms with E-state index in [0.29, 0.717) is 12.8 Å². The second kappa shape index (κ2) is 12.0. The largest absolute Gasteiger partial charge is 0.300 e. The highest BCUT2D eigenvalue weighted by Crippen LogP contribution is 2.07. The Bertz CT molecular complexity index is 385. The third kappa shape index (κ3) is 11.1. The topological polar surface area (TPSA) is 85.3 Å². The standard InChI is InChI=1S/C17H26O5/c1-3-13(18)5-7-15(20)9-11-17(22)12-10-16(21)8-6-14(19)4-2/h3-12H2,1-2H3. The van der Waals surface area contributed by atoms with Gasteiger partial charge in [0.1, 0.15) is 28.9 Å². The molecular formula is C17H26O5. The van der Waals surface area contributed by atoms with Crippen molar-refractivity contribution in [1.29, 1.82) is 0 Å². The Hall–Kier alpha value is -1.65. The van der Waals surface area contributed by atoms with Gasteiger partial charge in [-0.3, -0.25) is 24.0 Å². The Morgan fingerprint density at radius 1 is 0.409 bits per heavy atom. The molecule has 0 saturated carbocycles. The number of ketones is 5. The summed E-state index contributed by atoms with van der Waals surface area (Å²) in [7, 11) is 0. The molecule has 22 heavy (non-hydrogen) atoms. The van der Waals surface area contributed by atoms with Gasteiger partial charge in [-0.05, 0) is 0 Å². The van der Waals surface area contributed by atoms with Crippen molar-refractivity contribution in [3.63, 3.8) is 0 Å². The average Bonchev–Trinajstić information content (AvgIpc) is 2.53. The van der Waals surface area contributed by atoms with Gasteiger partial charge in [0.25, 0.3) is 0 Å². The van der Waals surface area contributed by atoms with Crippen LogP contribution in [0.25, 0.3) is 0 Å². The summed E-state index contributed by atoms with van der Waals surface area (Å²) < 4.78 is 0. The molecule has 0 radical (unpaired) electrons. The molecule has 124 valence electrons. The molecule has 0 amide bonds. The summed E-state index contributed by atoms with van der Waals surface area (Å²) in [5, 5.41) is 0. The van der Waals surface area contributed by atoms with Crippen LogP contribution in [-0.2, 0) is 24.0 Å². The van der Waals surface area contributed by atoms with Crippen LogP contribution >= 0.6 is 0 Å². The fourth-order valence-corrected chi connectivity index (χ4v) is 1.84. The van der Waals surface area contributed by atoms with Crippen molar-refractivity contribution >= 4 is 28.9 Å². The van der Waals surface area contributed by atoms with Crippen molar-refractivity contribution in [2.24, 2.45) is 0 Å². The van der Waals surface area contributed by atoms with E-state index in [9.17, 15) is 24.0 Å². The first-order chi connectivity index (χ1) is 10.4. The first-order valence-electron chi connectivity index (χ1n) is 7.97. The van der Waals surface area contributed by atoms with Crippen molar-refractivity contribution in [3.05, 3.63) is 0 Å². The number of hydrogen-bond acceptors (Lipinski definition) is 5. The molecule has 0 aromatic carbocycles. The molecule has 0 atom stereocenters. The van der Waals surface area contributed by atoms with Gasteiger partial charge < -0.3 is 0 Å². The fourth-order valence-electron chi connectivity index (χ4n) is 1.84. The van der Waals surface area contributed by atoms with Gasteiger partial charge in [-0.25, -0.2) is 0 Å². The normalized spacial score (nSPS) is 10.3. The first-order valence-corrected chi connectivity index (χ1v) is 7.97. The minimum atomic E-state index is -0.120. The van der Waals surface area contributed by atoms with Crippen LogP contribution in [0.3, 0.4) is 0 Å². The summed E-state index contributed by atoms with van der Waals surface area (Å²) >= 11 is 0. The maximum Gasteiger partial charge on any atom is 0.133 e. The highest BCUT2D eigenvalue weighted by atomic mass is 16.1. The van der Waals surface area contributed by atoms with Gasteiger partial charge in [0.15, 0.2) is 0 Å². The number of hydrogen-bond donors (Lipinski definition) is 0. The summed E-state index contributed by atoms with van der Waals surface area (Å²) in [5.74, 6) is -0.200. The lowest BCUT2D eigenvalue weighted by Gasteiger charge is -2.02. The molecule has 0 aromatic rings. The van der Waals surface area contributed by atoms with Crippen LogP contribution in [0.4, 0.5) is 0 Å². The molecule has 0 fully saturated rings. The molecule has 5 nitrogen and oxygen atoms in total. The Morgan fingerprint density at radius 2 is 0.591 bits per heavy atom. The Morgan fingerprint density at radius 3 is 0.773 bits per heavy atom. The van der Waals surface area contributed by atoms with Gasteiger partial charge in [-0.15, -0.1) is 0 Å². The van der Waals surface area contributed by atoms with Gasteiger partial charge in [-0.2, -0.15) is 0 Å². The highest BCUT2D eigenvalue weighted by Gasteiger charge is 2.11. The molecular weight excluding hydrogens is 284 g/mol. The van der Waals surface area contributed by atoms with E-state index in [1.54, 1.807) is 13.8 Å². The Balaban J connectivity index is 3.77. The minimum Gasteiger partial charge on any atom is -0.300 e. The fraction of sp³-hybridized carbons (Fsp3) is 0.706. The molecule has 0 bridgehead atoms. The Kier molecular flexibility index (Phi) is 11.1. The maximum absolute atomic E-state index is 11.6. The van der Waals surface area contributed by atoms with Crippen LogP contribution in [0.2, 0.25) is 0 Å². The van der Waals surface area contributed by atoms with Gasteiger partial charge in [-0.1, -0.05) is 13.8 Å². The predicted molar refractivity (Wildman–Crippen MR) is 82.6 cm³/mol. The van der Waals surface area contributed by atoms with Gasteiger partial charge in [0.2, 0.25) is 0 Å². The first kappa shape index (κ1) is 20.3. The van der Waals surface area contributed by atoms with Crippen LogP contribution in [-0.4, -0.2) is 28.9 Å². The second-order valence-corrected chi connectivity index (χ2v) is 5.40. The Labute approximate surface area is 131 Å². The van der Waals surface area contributed by atoms with Gasteiger partial charge in [0, 0.05) is 64.2 Å². The van der Waals surface area contributed by atoms with Gasteiger partial charge >= 0.3 is 0 Å². The molecule has 5 heteroatoms. The number of carbonyl (C=O) groups excluding carboxylic acids is 5. The average molecular weight is 310 g/mol. The van der Waals surface area contributed by atoms with Gasteiger partial charge in [0.05, 0.1) is 0 Å². The highest BCUT2D eigenvalue weighted by molar-refractivity contribution is 5.91. The predicted octanol–water partition coefficient (Wildman–Crippen LogP) is 2.77. The molecule has 0 unspecified atom stereocenters. The summed E-state index contributed by atoms with van der Waals surface area (Å²) in [6, 6.07) is 0. The zero-order valence-corrected chi connectivity index (χ0v) is 13.6. The third-order valence-electron chi connectivity index (χ3n) is 3.52. The molecule has 0 heterocycles. The smallest absolute Gasteiger partial charge is 0.133 e. The molecule has 0 aliphatic rings. The summed E-state index contributed by atoms with van der Waals surface area (Å²) in [6.07, 6.45) is 2.25. The lowest BCUT2D eigenvalue weighted by molar-refractivity contribution is -0.127. The summed E-state index contributed by atoms with van der Waals surface area (Å²) in [4.78, 5) is 56.8. The molecule has 0 rings (SSSR count). The van der Waals surface area contributed by atoms with E-state index in [2.05, 4.69) is 0 Å². The molecule has 0 spiro atoms. The number of Topliss-reactive ketones (excluding diaryl/α,β-unsaturated/α-hetero) is 5. The van der Waals surface area contributed by atoms with E-state index < -0.39 is 0 Å². The monoisotopic (exact) mass is 310 g/mol. The molecule has 0 saturated heterocycles. The maximum atomic E-state index is 11.6. The quantitative estimate of drug-likeness (QED) is 0.492. The van der Waals surface area contributed by atoms with E-state index >= 15 is 0 Å². The van der Waals surface area contributed by atoms with E-state index in [1.165, 1.54) is 0 Å². The molecule has 0 aliphatic carbocycles. The van der Waals surface area contributed by atoms with Crippen molar-refractivity contribution in [1.82, 2.24) is 0 Å². The molecule has 0 aliphatic heterocycles. The summed E-state index contributed by atoms with van der Waals surface area (Å²) in [5.41, 5.74) is 0. The lowest BCUT2D eigenvalue weighted by Crippen LogP contribution is -2.09. The van der Waals surface area contributed by atoms with Crippen molar-refractivity contribution < 1.29 is 24.0 Å². The van der Waals surface area contributed by atoms with Crippen molar-refractivity contribution in [2.75, 3.05) is 0 Å². The lowest BCUT2D eigenvalue weighted by atomic mass is 10.0. The number of rotatable bonds is 14. The summed E-state index contributed by atoms with van der Waals surface area (Å²) in [6.45, 7) is 3.50. The number of carbonyl (C=O) groups is 5. The van der Waals surface area contributed by atoms with Crippen molar-refractivity contribution in [2.45, 2.75) is 78.1 Å². The minimum absolute atomic E-state index is 0.0481. The van der Waals surface area contributed by atoms with E-state index in [4.69, 9.17) is 0 Å². The van der Waals surface area contributed by atoms with Crippen LogP contribution in [0.15, 0.2) is 0 Å². The van der Waals surface area contributed by atoms with E-state index in [1.807, 2.05) is 0 Å². The van der Waals surface area contributed by atoms with Crippen LogP contribution in [0.5, 0.6) is 0 Å². The SMILES string of the molecule is CCC(=O)CCC(=O)CCC(=O)CCC(=O)CCC(=O)CC. The zero-order chi connectivity index (χ0) is 17.0.